The van der Waals surface area contributed by atoms with Gasteiger partial charge in [0.05, 0.1) is 55.8 Å². The number of nitro groups is 2. The van der Waals surface area contributed by atoms with Crippen LogP contribution >= 0.6 is 23.2 Å². The Kier molecular flexibility index (Phi) is 22.2. The molecule has 0 bridgehead atoms. The maximum Gasteiger partial charge on any atom is 0.416 e. The average Bonchev–Trinajstić information content (AvgIpc) is 3.32. The second kappa shape index (κ2) is 26.8. The molecule has 2 unspecified atom stereocenters. The molecule has 5 rings (SSSR count). The number of hydrogen-bond acceptors (Lipinski definition) is 16. The molecule has 4 aromatic rings. The van der Waals surface area contributed by atoms with Crippen molar-refractivity contribution in [1.82, 2.24) is 0 Å². The third-order valence-corrected chi connectivity index (χ3v) is 12.2. The number of carbonyl (C=O) groups is 6. The largest absolute Gasteiger partial charge is 0.463 e. The first-order chi connectivity index (χ1) is 34.1. The summed E-state index contributed by atoms with van der Waals surface area (Å²) in [4.78, 5) is 94.3. The van der Waals surface area contributed by atoms with Gasteiger partial charge in [0.1, 0.15) is 28.9 Å². The fraction of sp³-hybridized carbons (Fsp3) is 0.375. The van der Waals surface area contributed by atoms with Gasteiger partial charge in [-0.25, -0.2) is 18.0 Å². The van der Waals surface area contributed by atoms with Crippen molar-refractivity contribution in [2.45, 2.75) is 83.5 Å². The molecule has 0 spiro atoms. The highest BCUT2D eigenvalue weighted by atomic mass is 35.5. The minimum Gasteiger partial charge on any atom is -0.463 e. The number of amides is 1. The molecule has 1 fully saturated rings. The number of para-hydroxylation sites is 1. The fourth-order valence-electron chi connectivity index (χ4n) is 7.10. The molecule has 0 radical (unpaired) electrons. The minimum atomic E-state index is -4.61. The third-order valence-electron chi connectivity index (χ3n) is 10.6. The zero-order valence-corrected chi connectivity index (χ0v) is 42.6. The van der Waals surface area contributed by atoms with Crippen LogP contribution < -0.4 is 9.64 Å². The highest BCUT2D eigenvalue weighted by Gasteiger charge is 2.39. The first-order valence-corrected chi connectivity index (χ1v) is 24.7. The van der Waals surface area contributed by atoms with Crippen LogP contribution in [0.15, 0.2) is 77.7 Å². The lowest BCUT2D eigenvalue weighted by atomic mass is 9.81. The molecule has 0 heterocycles. The molecule has 0 N–H and O–H groups in total. The number of halogens is 5. The second-order valence-electron chi connectivity index (χ2n) is 15.9. The predicted molar refractivity (Wildman–Crippen MR) is 259 cm³/mol. The Bertz CT molecular complexity index is 2850. The summed E-state index contributed by atoms with van der Waals surface area (Å²) < 4.78 is 81.4. The first-order valence-electron chi connectivity index (χ1n) is 21.9. The lowest BCUT2D eigenvalue weighted by molar-refractivity contribution is -0.385. The number of nitro benzene ring substituents is 2. The number of ketones is 3. The number of ether oxygens (including phenoxy) is 4. The van der Waals surface area contributed by atoms with E-state index in [-0.39, 0.29) is 58.7 Å². The molecule has 0 aliphatic heterocycles. The van der Waals surface area contributed by atoms with E-state index in [2.05, 4.69) is 13.0 Å². The van der Waals surface area contributed by atoms with Gasteiger partial charge in [-0.2, -0.15) is 13.2 Å². The zero-order valence-electron chi connectivity index (χ0n) is 40.3. The summed E-state index contributed by atoms with van der Waals surface area (Å²) in [6, 6.07) is 14.2. The smallest absolute Gasteiger partial charge is 0.416 e. The van der Waals surface area contributed by atoms with E-state index >= 15 is 0 Å². The van der Waals surface area contributed by atoms with Gasteiger partial charge in [0.15, 0.2) is 33.3 Å². The lowest BCUT2D eigenvalue weighted by Crippen LogP contribution is -2.43. The van der Waals surface area contributed by atoms with Crippen LogP contribution in [-0.2, 0) is 55.8 Å². The Morgan fingerprint density at radius 1 is 0.890 bits per heavy atom. The summed E-state index contributed by atoms with van der Waals surface area (Å²) in [6.45, 7) is 9.37. The number of aryl methyl sites for hydroxylation is 2. The maximum atomic E-state index is 12.8. The van der Waals surface area contributed by atoms with E-state index in [1.54, 1.807) is 18.9 Å². The molecule has 1 saturated carbocycles. The van der Waals surface area contributed by atoms with E-state index < -0.39 is 95.2 Å². The van der Waals surface area contributed by atoms with Gasteiger partial charge in [-0.1, -0.05) is 36.7 Å². The molecule has 73 heavy (non-hydrogen) atoms. The van der Waals surface area contributed by atoms with Gasteiger partial charge < -0.3 is 23.8 Å². The van der Waals surface area contributed by atoms with Gasteiger partial charge >= 0.3 is 18.1 Å². The van der Waals surface area contributed by atoms with Crippen LogP contribution in [0.5, 0.6) is 11.5 Å². The summed E-state index contributed by atoms with van der Waals surface area (Å²) in [7, 11) is -2.06. The Hall–Kier alpha value is -6.82. The van der Waals surface area contributed by atoms with Crippen molar-refractivity contribution in [2.75, 3.05) is 37.4 Å². The van der Waals surface area contributed by atoms with Crippen molar-refractivity contribution in [3.8, 4) is 11.5 Å². The van der Waals surface area contributed by atoms with Crippen molar-refractivity contribution >= 4 is 85.3 Å². The van der Waals surface area contributed by atoms with E-state index in [4.69, 9.17) is 42.1 Å². The number of hydrogen-bond donors (Lipinski definition) is 0. The highest BCUT2D eigenvalue weighted by molar-refractivity contribution is 7.90. The van der Waals surface area contributed by atoms with E-state index in [1.165, 1.54) is 6.92 Å². The van der Waals surface area contributed by atoms with Crippen LogP contribution in [0.4, 0.5) is 30.2 Å². The van der Waals surface area contributed by atoms with Crippen molar-refractivity contribution < 1.29 is 79.2 Å². The standard InChI is InChI=1S/C19H15ClF3NO7.C15H22ClNO2.C14H13NO7S/c1-3-29-17(25)10(2)30-18(26)13-9-12(5-6-15(13)24(27)28)31-16-7-4-11(8-14(16)20)19(21,22)23;1-5-13-8-6-7-11(2)15(13)17(14(18)9-16)12(3)10-19-4;1-23(21,22)8-5-6-9(10(7-8)15(19)20)14(18)13-11(16)3-2-4-12(13)17/h4-10H,3H2,1-2H3;6-8,12H,5,9-10H2,1-4H3;5-7,13H,2-4H2,1H3. The molecule has 1 aliphatic carbocycles. The lowest BCUT2D eigenvalue weighted by Gasteiger charge is -2.31. The number of benzene rings is 4. The topological polar surface area (TPSA) is 263 Å². The second-order valence-corrected chi connectivity index (χ2v) is 18.6. The third kappa shape index (κ3) is 16.3. The van der Waals surface area contributed by atoms with Gasteiger partial charge in [-0.15, -0.1) is 11.6 Å². The number of alkyl halides is 4. The predicted octanol–water partition coefficient (Wildman–Crippen LogP) is 9.45. The van der Waals surface area contributed by atoms with Crippen molar-refractivity contribution in [3.63, 3.8) is 0 Å². The molecule has 19 nitrogen and oxygen atoms in total. The van der Waals surface area contributed by atoms with Crippen molar-refractivity contribution in [2.24, 2.45) is 5.92 Å². The molecule has 1 amide bonds. The molecular formula is C48H50Cl2F3N3O16S. The van der Waals surface area contributed by atoms with Gasteiger partial charge in [0.25, 0.3) is 11.4 Å². The van der Waals surface area contributed by atoms with Crippen LogP contribution in [0, 0.1) is 33.1 Å². The summed E-state index contributed by atoms with van der Waals surface area (Å²) in [6.07, 6.45) is -3.70. The number of methoxy groups -OCH3 is 1. The van der Waals surface area contributed by atoms with Crippen LogP contribution in [0.3, 0.4) is 0 Å². The monoisotopic (exact) mass is 1080 g/mol. The molecule has 25 heteroatoms. The number of anilines is 1. The molecular weight excluding hydrogens is 1030 g/mol. The number of rotatable bonds is 17. The number of Topliss-reactive ketones (excluding diaryl/α,β-unsaturated/α-hetero) is 3. The Balaban J connectivity index is 0.000000299. The molecule has 2 atom stereocenters. The van der Waals surface area contributed by atoms with Crippen molar-refractivity contribution in [1.29, 1.82) is 0 Å². The van der Waals surface area contributed by atoms with Crippen LogP contribution in [0.1, 0.15) is 84.4 Å². The summed E-state index contributed by atoms with van der Waals surface area (Å²) in [5, 5.41) is 22.0. The van der Waals surface area contributed by atoms with Gasteiger partial charge in [-0.05, 0) is 88.1 Å². The molecule has 4 aromatic carbocycles. The van der Waals surface area contributed by atoms with Crippen molar-refractivity contribution in [3.05, 3.63) is 126 Å². The average molecular weight is 1080 g/mol. The SMILES string of the molecule is CCOC(=O)C(C)OC(=O)c1cc(Oc2ccc(C(F)(F)F)cc2Cl)ccc1[N+](=O)[O-].CCc1cccc(C)c1N(C(=O)CCl)C(C)COC.CS(=O)(=O)c1ccc(C(=O)C2C(=O)CCCC2=O)c([N+](=O)[O-])c1. The molecule has 0 saturated heterocycles. The van der Waals surface area contributed by atoms with E-state index in [0.29, 0.717) is 19.1 Å². The molecule has 394 valence electrons. The Labute approximate surface area is 427 Å². The van der Waals surface area contributed by atoms with Gasteiger partial charge in [0.2, 0.25) is 5.91 Å². The number of carbonyl (C=O) groups excluding carboxylic acids is 6. The highest BCUT2D eigenvalue weighted by Crippen LogP contribution is 2.38. The van der Waals surface area contributed by atoms with E-state index in [9.17, 15) is 70.6 Å². The number of nitrogens with zero attached hydrogens (tertiary/aromatic N) is 3. The van der Waals surface area contributed by atoms with Gasteiger partial charge in [0, 0.05) is 44.4 Å². The van der Waals surface area contributed by atoms with Crippen LogP contribution in [0.2, 0.25) is 5.02 Å². The van der Waals surface area contributed by atoms with Crippen LogP contribution in [-0.4, -0.2) is 98.1 Å². The number of esters is 2. The quantitative estimate of drug-likeness (QED) is 0.0238. The van der Waals surface area contributed by atoms with Crippen LogP contribution in [0.25, 0.3) is 0 Å². The number of sulfone groups is 1. The summed E-state index contributed by atoms with van der Waals surface area (Å²) in [5.74, 6) is -6.08. The van der Waals surface area contributed by atoms with E-state index in [0.717, 1.165) is 78.0 Å². The zero-order chi connectivity index (χ0) is 55.1. The van der Waals surface area contributed by atoms with E-state index in [1.807, 2.05) is 26.0 Å². The van der Waals surface area contributed by atoms with Gasteiger partial charge in [-0.3, -0.25) is 39.4 Å². The summed E-state index contributed by atoms with van der Waals surface area (Å²) >= 11 is 11.6. The first kappa shape index (κ1) is 60.5. The Morgan fingerprint density at radius 2 is 1.52 bits per heavy atom. The Morgan fingerprint density at radius 3 is 2.04 bits per heavy atom. The molecule has 0 aromatic heterocycles. The summed E-state index contributed by atoms with van der Waals surface area (Å²) in [5.41, 5.74) is -0.123. The minimum absolute atomic E-state index is 0.0223. The fourth-order valence-corrected chi connectivity index (χ4v) is 8.08. The normalized spacial score (nSPS) is 13.5. The maximum absolute atomic E-state index is 12.8. The molecule has 1 aliphatic rings.